The molecule has 1 radical (unpaired) electrons. The maximum absolute atomic E-state index is 4.13. The molecule has 0 aromatic heterocycles. The van der Waals surface area contributed by atoms with Crippen LogP contribution in [0.3, 0.4) is 0 Å². The second kappa shape index (κ2) is 4.75. The predicted molar refractivity (Wildman–Crippen MR) is 74.0 cm³/mol. The third-order valence-corrected chi connectivity index (χ3v) is 3.60. The van der Waals surface area contributed by atoms with E-state index in [9.17, 15) is 0 Å². The van der Waals surface area contributed by atoms with Crippen LogP contribution in [0.1, 0.15) is 30.0 Å². The van der Waals surface area contributed by atoms with Crippen LogP contribution < -0.4 is 0 Å². The van der Waals surface area contributed by atoms with Gasteiger partial charge in [0.1, 0.15) is 0 Å². The Morgan fingerprint density at radius 3 is 1.94 bits per heavy atom. The van der Waals surface area contributed by atoms with Crippen LogP contribution in [0.2, 0.25) is 0 Å². The van der Waals surface area contributed by atoms with Crippen molar-refractivity contribution >= 4 is 0 Å². The quantitative estimate of drug-likeness (QED) is 0.717. The summed E-state index contributed by atoms with van der Waals surface area (Å²) in [7, 11) is 0. The fourth-order valence-electron chi connectivity index (χ4n) is 2.18. The molecule has 1 atom stereocenters. The van der Waals surface area contributed by atoms with Crippen LogP contribution >= 0.6 is 0 Å². The molecule has 0 spiro atoms. The molecule has 2 aromatic carbocycles. The molecule has 0 saturated heterocycles. The van der Waals surface area contributed by atoms with E-state index in [4.69, 9.17) is 0 Å². The minimum absolute atomic E-state index is 0.00889. The van der Waals surface area contributed by atoms with E-state index in [-0.39, 0.29) is 5.41 Å². The van der Waals surface area contributed by atoms with E-state index >= 15 is 0 Å². The van der Waals surface area contributed by atoms with Gasteiger partial charge in [-0.1, -0.05) is 74.0 Å². The topological polar surface area (TPSA) is 0 Å². The highest BCUT2D eigenvalue weighted by molar-refractivity contribution is 5.39. The highest BCUT2D eigenvalue weighted by Gasteiger charge is 2.26. The smallest absolute Gasteiger partial charge is 0.0174 e. The van der Waals surface area contributed by atoms with Gasteiger partial charge in [-0.05, 0) is 24.5 Å². The standard InChI is InChI=1S/C17H19/c1-4-17(3,15-8-6-5-7-9-15)16-12-10-14(2)11-13-16/h5-13H,1,4H2,2-3H3. The summed E-state index contributed by atoms with van der Waals surface area (Å²) in [6.45, 7) is 8.52. The van der Waals surface area contributed by atoms with E-state index in [1.54, 1.807) is 0 Å². The second-order valence-corrected chi connectivity index (χ2v) is 4.81. The molecule has 0 N–H and O–H groups in total. The Balaban J connectivity index is 2.48. The second-order valence-electron chi connectivity index (χ2n) is 4.81. The molecule has 0 aliphatic heterocycles. The molecule has 0 aliphatic rings. The highest BCUT2D eigenvalue weighted by atomic mass is 14.3. The van der Waals surface area contributed by atoms with Gasteiger partial charge in [0.2, 0.25) is 0 Å². The molecular formula is C17H19. The summed E-state index contributed by atoms with van der Waals surface area (Å²) >= 11 is 0. The van der Waals surface area contributed by atoms with Crippen molar-refractivity contribution in [2.24, 2.45) is 0 Å². The molecule has 0 nitrogen and oxygen atoms in total. The molecule has 0 aliphatic carbocycles. The summed E-state index contributed by atoms with van der Waals surface area (Å²) in [6, 6.07) is 19.4. The van der Waals surface area contributed by atoms with Crippen LogP contribution in [0, 0.1) is 13.8 Å². The third kappa shape index (κ3) is 2.26. The molecule has 0 saturated carbocycles. The summed E-state index contributed by atoms with van der Waals surface area (Å²) in [5.74, 6) is 0. The zero-order valence-corrected chi connectivity index (χ0v) is 10.6. The summed E-state index contributed by atoms with van der Waals surface area (Å²) in [5.41, 5.74) is 3.98. The minimum atomic E-state index is 0.00889. The zero-order chi connectivity index (χ0) is 12.3. The van der Waals surface area contributed by atoms with Crippen LogP contribution in [0.15, 0.2) is 54.6 Å². The Morgan fingerprint density at radius 1 is 0.882 bits per heavy atom. The van der Waals surface area contributed by atoms with Crippen molar-refractivity contribution in [2.45, 2.75) is 25.7 Å². The summed E-state index contributed by atoms with van der Waals surface area (Å²) in [6.07, 6.45) is 0.861. The molecule has 87 valence electrons. The number of hydrogen-bond acceptors (Lipinski definition) is 0. The van der Waals surface area contributed by atoms with Gasteiger partial charge in [-0.3, -0.25) is 0 Å². The molecule has 0 fully saturated rings. The Hall–Kier alpha value is -1.56. The predicted octanol–water partition coefficient (Wildman–Crippen LogP) is 4.53. The fourth-order valence-corrected chi connectivity index (χ4v) is 2.18. The van der Waals surface area contributed by atoms with Gasteiger partial charge < -0.3 is 0 Å². The summed E-state index contributed by atoms with van der Waals surface area (Å²) < 4.78 is 0. The summed E-state index contributed by atoms with van der Waals surface area (Å²) in [4.78, 5) is 0. The first-order valence-electron chi connectivity index (χ1n) is 6.09. The third-order valence-electron chi connectivity index (χ3n) is 3.60. The Bertz CT molecular complexity index is 467. The Kier molecular flexibility index (Phi) is 3.33. The number of hydrogen-bond donors (Lipinski definition) is 0. The van der Waals surface area contributed by atoms with Gasteiger partial charge in [-0.2, -0.15) is 0 Å². The van der Waals surface area contributed by atoms with E-state index in [0.717, 1.165) is 6.42 Å². The van der Waals surface area contributed by atoms with E-state index in [1.165, 1.54) is 16.7 Å². The lowest BCUT2D eigenvalue weighted by atomic mass is 9.74. The molecule has 0 heteroatoms. The van der Waals surface area contributed by atoms with Crippen molar-refractivity contribution in [3.63, 3.8) is 0 Å². The average Bonchev–Trinajstić information content (AvgIpc) is 2.40. The lowest BCUT2D eigenvalue weighted by Gasteiger charge is -2.29. The van der Waals surface area contributed by atoms with Gasteiger partial charge in [0.25, 0.3) is 0 Å². The van der Waals surface area contributed by atoms with Crippen LogP contribution in [0.4, 0.5) is 0 Å². The van der Waals surface area contributed by atoms with E-state index in [2.05, 4.69) is 75.4 Å². The van der Waals surface area contributed by atoms with Gasteiger partial charge in [0.05, 0.1) is 0 Å². The number of aryl methyl sites for hydroxylation is 1. The molecule has 2 aromatic rings. The monoisotopic (exact) mass is 223 g/mol. The molecule has 1 unspecified atom stereocenters. The normalized spacial score (nSPS) is 14.3. The van der Waals surface area contributed by atoms with Crippen molar-refractivity contribution in [1.82, 2.24) is 0 Å². The number of benzene rings is 2. The molecule has 2 rings (SSSR count). The molecule has 0 amide bonds. The van der Waals surface area contributed by atoms with E-state index in [1.807, 2.05) is 0 Å². The first-order valence-corrected chi connectivity index (χ1v) is 6.09. The fraction of sp³-hybridized carbons (Fsp3) is 0.235. The maximum atomic E-state index is 4.13. The molecule has 0 heterocycles. The lowest BCUT2D eigenvalue weighted by molar-refractivity contribution is 0.578. The first kappa shape index (κ1) is 11.9. The van der Waals surface area contributed by atoms with Crippen LogP contribution in [0.5, 0.6) is 0 Å². The van der Waals surface area contributed by atoms with Gasteiger partial charge in [0.15, 0.2) is 0 Å². The first-order chi connectivity index (χ1) is 8.16. The molecule has 17 heavy (non-hydrogen) atoms. The van der Waals surface area contributed by atoms with Crippen molar-refractivity contribution < 1.29 is 0 Å². The largest absolute Gasteiger partial charge is 0.0622 e. The van der Waals surface area contributed by atoms with E-state index in [0.29, 0.717) is 0 Å². The maximum Gasteiger partial charge on any atom is 0.0174 e. The number of rotatable bonds is 3. The van der Waals surface area contributed by atoms with Gasteiger partial charge in [-0.15, -0.1) is 0 Å². The zero-order valence-electron chi connectivity index (χ0n) is 10.6. The van der Waals surface area contributed by atoms with Crippen LogP contribution in [-0.2, 0) is 5.41 Å². The van der Waals surface area contributed by atoms with Crippen LogP contribution in [-0.4, -0.2) is 0 Å². The Labute approximate surface area is 104 Å². The summed E-state index contributed by atoms with van der Waals surface area (Å²) in [5, 5.41) is 0. The van der Waals surface area contributed by atoms with Crippen molar-refractivity contribution in [3.8, 4) is 0 Å². The lowest BCUT2D eigenvalue weighted by Crippen LogP contribution is -2.22. The van der Waals surface area contributed by atoms with E-state index < -0.39 is 0 Å². The van der Waals surface area contributed by atoms with Gasteiger partial charge in [0, 0.05) is 5.41 Å². The van der Waals surface area contributed by atoms with Crippen molar-refractivity contribution in [3.05, 3.63) is 78.2 Å². The average molecular weight is 223 g/mol. The minimum Gasteiger partial charge on any atom is -0.0622 e. The van der Waals surface area contributed by atoms with Gasteiger partial charge >= 0.3 is 0 Å². The molecule has 0 bridgehead atoms. The molecular weight excluding hydrogens is 204 g/mol. The van der Waals surface area contributed by atoms with Crippen molar-refractivity contribution in [2.75, 3.05) is 0 Å². The Morgan fingerprint density at radius 2 is 1.41 bits per heavy atom. The van der Waals surface area contributed by atoms with Gasteiger partial charge in [-0.25, -0.2) is 0 Å². The SMILES string of the molecule is [CH2]CC(C)(c1ccccc1)c1ccc(C)cc1. The highest BCUT2D eigenvalue weighted by Crippen LogP contribution is 2.34. The van der Waals surface area contributed by atoms with Crippen LogP contribution in [0.25, 0.3) is 0 Å². The van der Waals surface area contributed by atoms with Crippen molar-refractivity contribution in [1.29, 1.82) is 0 Å².